The first-order valence-corrected chi connectivity index (χ1v) is 11.6. The van der Waals surface area contributed by atoms with Crippen LogP contribution in [0.4, 0.5) is 10.1 Å². The first-order chi connectivity index (χ1) is 15.0. The van der Waals surface area contributed by atoms with Crippen LogP contribution in [-0.4, -0.2) is 34.4 Å². The maximum atomic E-state index is 13.9. The number of carboxylic acids is 1. The van der Waals surface area contributed by atoms with Crippen molar-refractivity contribution in [1.82, 2.24) is 4.90 Å². The van der Waals surface area contributed by atoms with Crippen LogP contribution in [0.1, 0.15) is 31.4 Å². The number of thioether (sulfide) groups is 1. The SMILES string of the molecule is CCSC1=C(C(=O)O)C(C)=CC(N2CCCc3ccccc32)N1Cc1cccc(F)c1. The third kappa shape index (κ3) is 4.35. The van der Waals surface area contributed by atoms with Gasteiger partial charge in [-0.1, -0.05) is 37.3 Å². The van der Waals surface area contributed by atoms with Gasteiger partial charge in [0.2, 0.25) is 0 Å². The van der Waals surface area contributed by atoms with Crippen molar-refractivity contribution in [3.05, 3.63) is 87.7 Å². The molecule has 2 aromatic rings. The molecule has 0 bridgehead atoms. The first-order valence-electron chi connectivity index (χ1n) is 10.6. The van der Waals surface area contributed by atoms with E-state index in [4.69, 9.17) is 0 Å². The highest BCUT2D eigenvalue weighted by molar-refractivity contribution is 8.03. The summed E-state index contributed by atoms with van der Waals surface area (Å²) in [7, 11) is 0. The Kier molecular flexibility index (Phi) is 6.37. The van der Waals surface area contributed by atoms with E-state index in [2.05, 4.69) is 28.0 Å². The van der Waals surface area contributed by atoms with Crippen LogP contribution in [-0.2, 0) is 17.8 Å². The predicted octanol–water partition coefficient (Wildman–Crippen LogP) is 5.42. The van der Waals surface area contributed by atoms with Crippen LogP contribution in [0, 0.1) is 5.82 Å². The molecule has 1 atom stereocenters. The highest BCUT2D eigenvalue weighted by Crippen LogP contribution is 2.39. The molecule has 0 aromatic heterocycles. The lowest BCUT2D eigenvalue weighted by molar-refractivity contribution is -0.132. The zero-order valence-electron chi connectivity index (χ0n) is 17.8. The van der Waals surface area contributed by atoms with E-state index in [9.17, 15) is 14.3 Å². The summed E-state index contributed by atoms with van der Waals surface area (Å²) < 4.78 is 13.9. The number of hydrogen-bond donors (Lipinski definition) is 1. The number of aliphatic carboxylic acids is 1. The molecule has 4 nitrogen and oxygen atoms in total. The van der Waals surface area contributed by atoms with Crippen molar-refractivity contribution in [2.45, 2.75) is 39.4 Å². The van der Waals surface area contributed by atoms with E-state index in [1.807, 2.05) is 32.1 Å². The largest absolute Gasteiger partial charge is 0.478 e. The van der Waals surface area contributed by atoms with Crippen molar-refractivity contribution in [2.75, 3.05) is 17.2 Å². The average molecular weight is 439 g/mol. The van der Waals surface area contributed by atoms with Crippen molar-refractivity contribution in [3.63, 3.8) is 0 Å². The van der Waals surface area contributed by atoms with Gasteiger partial charge < -0.3 is 14.9 Å². The van der Waals surface area contributed by atoms with E-state index in [-0.39, 0.29) is 12.0 Å². The fraction of sp³-hybridized carbons (Fsp3) is 0.320. The van der Waals surface area contributed by atoms with Crippen LogP contribution in [0.2, 0.25) is 0 Å². The Hall–Kier alpha value is -2.73. The number of para-hydroxylation sites is 1. The number of carbonyl (C=O) groups is 1. The lowest BCUT2D eigenvalue weighted by atomic mass is 9.98. The van der Waals surface area contributed by atoms with Crippen molar-refractivity contribution < 1.29 is 14.3 Å². The van der Waals surface area contributed by atoms with Gasteiger partial charge in [-0.05, 0) is 66.5 Å². The van der Waals surface area contributed by atoms with Gasteiger partial charge in [-0.2, -0.15) is 0 Å². The van der Waals surface area contributed by atoms with Gasteiger partial charge >= 0.3 is 5.97 Å². The minimum absolute atomic E-state index is 0.137. The summed E-state index contributed by atoms with van der Waals surface area (Å²) in [5.41, 5.74) is 4.42. The quantitative estimate of drug-likeness (QED) is 0.653. The number of hydrogen-bond acceptors (Lipinski definition) is 4. The van der Waals surface area contributed by atoms with Gasteiger partial charge in [0.25, 0.3) is 0 Å². The molecule has 0 aliphatic carbocycles. The Morgan fingerprint density at radius 3 is 2.77 bits per heavy atom. The summed E-state index contributed by atoms with van der Waals surface area (Å²) in [6, 6.07) is 15.0. The van der Waals surface area contributed by atoms with Crippen molar-refractivity contribution in [2.24, 2.45) is 0 Å². The molecule has 0 saturated carbocycles. The van der Waals surface area contributed by atoms with Crippen molar-refractivity contribution >= 4 is 23.4 Å². The number of rotatable bonds is 6. The number of benzene rings is 2. The van der Waals surface area contributed by atoms with E-state index >= 15 is 0 Å². The van der Waals surface area contributed by atoms with Crippen LogP contribution in [0.3, 0.4) is 0 Å². The van der Waals surface area contributed by atoms with Gasteiger partial charge in [0.05, 0.1) is 10.6 Å². The fourth-order valence-electron chi connectivity index (χ4n) is 4.47. The Morgan fingerprint density at radius 2 is 2.03 bits per heavy atom. The molecule has 2 aromatic carbocycles. The highest BCUT2D eigenvalue weighted by Gasteiger charge is 2.35. The molecular weight excluding hydrogens is 411 g/mol. The summed E-state index contributed by atoms with van der Waals surface area (Å²) in [5, 5.41) is 10.7. The number of anilines is 1. The number of carboxylic acid groups (broad SMARTS) is 1. The molecule has 1 N–H and O–H groups in total. The molecule has 162 valence electrons. The Labute approximate surface area is 187 Å². The van der Waals surface area contributed by atoms with Gasteiger partial charge in [-0.3, -0.25) is 0 Å². The number of halogens is 1. The predicted molar refractivity (Wildman–Crippen MR) is 124 cm³/mol. The summed E-state index contributed by atoms with van der Waals surface area (Å²) in [4.78, 5) is 16.7. The molecule has 6 heteroatoms. The standard InChI is InChI=1S/C25H27FN2O2S/c1-3-31-24-23(25(29)30)17(2)14-22(28(24)16-18-8-6-11-20(26)15-18)27-13-7-10-19-9-4-5-12-21(19)27/h4-6,8-9,11-12,14-15,22H,3,7,10,13,16H2,1-2H3,(H,29,30). The topological polar surface area (TPSA) is 43.8 Å². The third-order valence-corrected chi connectivity index (χ3v) is 6.79. The molecule has 0 radical (unpaired) electrons. The molecule has 2 aliphatic heterocycles. The van der Waals surface area contributed by atoms with Crippen LogP contribution in [0.5, 0.6) is 0 Å². The summed E-state index contributed by atoms with van der Waals surface area (Å²) in [6.45, 7) is 5.22. The van der Waals surface area contributed by atoms with Crippen LogP contribution in [0.25, 0.3) is 0 Å². The number of fused-ring (bicyclic) bond motifs is 1. The van der Waals surface area contributed by atoms with E-state index in [1.54, 1.807) is 6.07 Å². The Bertz CT molecular complexity index is 1050. The molecule has 0 amide bonds. The molecule has 4 rings (SSSR count). The van der Waals surface area contributed by atoms with E-state index in [0.29, 0.717) is 12.1 Å². The zero-order chi connectivity index (χ0) is 22.0. The summed E-state index contributed by atoms with van der Waals surface area (Å²) >= 11 is 1.54. The second kappa shape index (κ2) is 9.18. The third-order valence-electron chi connectivity index (χ3n) is 5.79. The molecule has 0 saturated heterocycles. The van der Waals surface area contributed by atoms with E-state index in [0.717, 1.165) is 41.3 Å². The lowest BCUT2D eigenvalue weighted by Crippen LogP contribution is -2.50. The van der Waals surface area contributed by atoms with Crippen LogP contribution < -0.4 is 4.90 Å². The molecule has 31 heavy (non-hydrogen) atoms. The Morgan fingerprint density at radius 1 is 1.23 bits per heavy atom. The molecular formula is C25H27FN2O2S. The van der Waals surface area contributed by atoms with Gasteiger partial charge in [0.15, 0.2) is 0 Å². The van der Waals surface area contributed by atoms with Crippen LogP contribution >= 0.6 is 11.8 Å². The number of nitrogens with zero attached hydrogens (tertiary/aromatic N) is 2. The van der Waals surface area contributed by atoms with Crippen LogP contribution in [0.15, 0.2) is 70.8 Å². The maximum absolute atomic E-state index is 13.9. The zero-order valence-corrected chi connectivity index (χ0v) is 18.7. The second-order valence-corrected chi connectivity index (χ2v) is 9.12. The van der Waals surface area contributed by atoms with E-state index < -0.39 is 5.97 Å². The fourth-order valence-corrected chi connectivity index (χ4v) is 5.48. The Balaban J connectivity index is 1.82. The molecule has 1 unspecified atom stereocenters. The maximum Gasteiger partial charge on any atom is 0.338 e. The minimum atomic E-state index is -0.925. The highest BCUT2D eigenvalue weighted by atomic mass is 32.2. The van der Waals surface area contributed by atoms with Crippen molar-refractivity contribution in [1.29, 1.82) is 0 Å². The van der Waals surface area contributed by atoms with Gasteiger partial charge in [0, 0.05) is 18.8 Å². The molecule has 2 heterocycles. The smallest absolute Gasteiger partial charge is 0.338 e. The van der Waals surface area contributed by atoms with Gasteiger partial charge in [-0.25, -0.2) is 9.18 Å². The lowest BCUT2D eigenvalue weighted by Gasteiger charge is -2.46. The minimum Gasteiger partial charge on any atom is -0.478 e. The molecule has 0 fully saturated rings. The number of aryl methyl sites for hydroxylation is 1. The molecule has 0 spiro atoms. The summed E-state index contributed by atoms with van der Waals surface area (Å²) in [5.74, 6) is -0.456. The summed E-state index contributed by atoms with van der Waals surface area (Å²) in [6.07, 6.45) is 3.99. The first kappa shape index (κ1) is 21.5. The van der Waals surface area contributed by atoms with Gasteiger partial charge in [-0.15, -0.1) is 11.8 Å². The molecule has 2 aliphatic rings. The second-order valence-electron chi connectivity index (χ2n) is 7.87. The normalized spacial score (nSPS) is 18.7. The average Bonchev–Trinajstić information content (AvgIpc) is 2.75. The van der Waals surface area contributed by atoms with Gasteiger partial charge in [0.1, 0.15) is 12.0 Å². The van der Waals surface area contributed by atoms with Crippen molar-refractivity contribution in [3.8, 4) is 0 Å². The monoisotopic (exact) mass is 438 g/mol. The van der Waals surface area contributed by atoms with E-state index in [1.165, 1.54) is 35.1 Å².